The Morgan fingerprint density at radius 1 is 1.50 bits per heavy atom. The molecule has 0 radical (unpaired) electrons. The maximum Gasteiger partial charge on any atom is 0.328 e. The summed E-state index contributed by atoms with van der Waals surface area (Å²) in [6.07, 6.45) is 3.77. The number of methoxy groups -OCH3 is 1. The van der Waals surface area contributed by atoms with Crippen LogP contribution in [0, 0.1) is 5.92 Å². The number of sulfone groups is 1. The molecule has 1 aromatic heterocycles. The van der Waals surface area contributed by atoms with Gasteiger partial charge in [-0.1, -0.05) is 31.9 Å². The van der Waals surface area contributed by atoms with Gasteiger partial charge in [0.05, 0.1) is 17.0 Å². The minimum absolute atomic E-state index is 0.0274. The van der Waals surface area contributed by atoms with Gasteiger partial charge in [-0.25, -0.2) is 18.2 Å². The van der Waals surface area contributed by atoms with Gasteiger partial charge in [-0.15, -0.1) is 0 Å². The van der Waals surface area contributed by atoms with E-state index >= 15 is 0 Å². The molecule has 0 aromatic carbocycles. The van der Waals surface area contributed by atoms with Crippen molar-refractivity contribution in [1.29, 1.82) is 0 Å². The van der Waals surface area contributed by atoms with Crippen molar-refractivity contribution in [2.24, 2.45) is 5.92 Å². The van der Waals surface area contributed by atoms with E-state index in [2.05, 4.69) is 10.3 Å². The quantitative estimate of drug-likeness (QED) is 0.762. The SMILES string of the molecule is CCC(C)CC(Nc1ncc(S(C)(=O)=O)cc1Cl)C(=O)OC. The molecule has 1 rings (SSSR count). The molecule has 124 valence electrons. The predicted octanol–water partition coefficient (Wildman–Crippen LogP) is 2.53. The van der Waals surface area contributed by atoms with Crippen molar-refractivity contribution in [3.63, 3.8) is 0 Å². The topological polar surface area (TPSA) is 85.4 Å². The molecular formula is C14H21ClN2O4S. The zero-order chi connectivity index (χ0) is 16.9. The van der Waals surface area contributed by atoms with Crippen molar-refractivity contribution in [3.05, 3.63) is 17.3 Å². The van der Waals surface area contributed by atoms with Crippen molar-refractivity contribution in [2.75, 3.05) is 18.7 Å². The number of esters is 1. The maximum atomic E-state index is 11.9. The molecular weight excluding hydrogens is 328 g/mol. The van der Waals surface area contributed by atoms with Gasteiger partial charge >= 0.3 is 5.97 Å². The van der Waals surface area contributed by atoms with Crippen molar-refractivity contribution < 1.29 is 17.9 Å². The van der Waals surface area contributed by atoms with Gasteiger partial charge in [0.25, 0.3) is 0 Å². The van der Waals surface area contributed by atoms with Crippen molar-refractivity contribution >= 4 is 33.2 Å². The van der Waals surface area contributed by atoms with Gasteiger partial charge in [0, 0.05) is 12.5 Å². The lowest BCUT2D eigenvalue weighted by atomic mass is 9.99. The summed E-state index contributed by atoms with van der Waals surface area (Å²) in [5.41, 5.74) is 0. The zero-order valence-corrected chi connectivity index (χ0v) is 14.7. The average Bonchev–Trinajstić information content (AvgIpc) is 2.46. The number of carbonyl (C=O) groups excluding carboxylic acids is 1. The first kappa shape index (κ1) is 18.7. The van der Waals surface area contributed by atoms with Gasteiger partial charge < -0.3 is 10.1 Å². The zero-order valence-electron chi connectivity index (χ0n) is 13.1. The first-order valence-corrected chi connectivity index (χ1v) is 9.15. The molecule has 22 heavy (non-hydrogen) atoms. The van der Waals surface area contributed by atoms with E-state index in [0.717, 1.165) is 12.7 Å². The first-order valence-electron chi connectivity index (χ1n) is 6.89. The Balaban J connectivity index is 3.01. The highest BCUT2D eigenvalue weighted by Gasteiger charge is 2.23. The first-order chi connectivity index (χ1) is 10.2. The highest BCUT2D eigenvalue weighted by molar-refractivity contribution is 7.90. The molecule has 2 atom stereocenters. The fraction of sp³-hybridized carbons (Fsp3) is 0.571. The second kappa shape index (κ2) is 7.78. The van der Waals surface area contributed by atoms with Crippen molar-refractivity contribution in [1.82, 2.24) is 4.98 Å². The Bertz CT molecular complexity index is 634. The largest absolute Gasteiger partial charge is 0.467 e. The highest BCUT2D eigenvalue weighted by Crippen LogP contribution is 2.24. The van der Waals surface area contributed by atoms with Crippen LogP contribution >= 0.6 is 11.6 Å². The monoisotopic (exact) mass is 348 g/mol. The van der Waals surface area contributed by atoms with Crippen LogP contribution < -0.4 is 5.32 Å². The van der Waals surface area contributed by atoms with E-state index in [4.69, 9.17) is 16.3 Å². The molecule has 0 saturated heterocycles. The Kier molecular flexibility index (Phi) is 6.62. The average molecular weight is 349 g/mol. The summed E-state index contributed by atoms with van der Waals surface area (Å²) < 4.78 is 27.7. The molecule has 1 N–H and O–H groups in total. The molecule has 2 unspecified atom stereocenters. The van der Waals surface area contributed by atoms with E-state index in [1.807, 2.05) is 13.8 Å². The Labute approximate surface area is 136 Å². The van der Waals surface area contributed by atoms with Gasteiger partial charge in [-0.2, -0.15) is 0 Å². The molecule has 1 heterocycles. The van der Waals surface area contributed by atoms with E-state index < -0.39 is 21.8 Å². The van der Waals surface area contributed by atoms with Crippen LogP contribution in [-0.2, 0) is 19.4 Å². The number of carbonyl (C=O) groups is 1. The van der Waals surface area contributed by atoms with Crippen LogP contribution in [0.2, 0.25) is 5.02 Å². The molecule has 0 spiro atoms. The van der Waals surface area contributed by atoms with Crippen LogP contribution in [0.3, 0.4) is 0 Å². The minimum Gasteiger partial charge on any atom is -0.467 e. The fourth-order valence-corrected chi connectivity index (χ4v) is 2.68. The number of halogens is 1. The minimum atomic E-state index is -3.38. The summed E-state index contributed by atoms with van der Waals surface area (Å²) in [5.74, 6) is 0.156. The molecule has 0 bridgehead atoms. The van der Waals surface area contributed by atoms with Gasteiger partial charge in [0.1, 0.15) is 11.9 Å². The number of pyridine rings is 1. The lowest BCUT2D eigenvalue weighted by Crippen LogP contribution is -2.32. The fourth-order valence-electron chi connectivity index (χ4n) is 1.82. The van der Waals surface area contributed by atoms with Gasteiger partial charge in [0.2, 0.25) is 0 Å². The van der Waals surface area contributed by atoms with E-state index in [-0.39, 0.29) is 15.7 Å². The third-order valence-corrected chi connectivity index (χ3v) is 4.74. The van der Waals surface area contributed by atoms with Gasteiger partial charge in [0.15, 0.2) is 9.84 Å². The summed E-state index contributed by atoms with van der Waals surface area (Å²) >= 11 is 6.06. The summed E-state index contributed by atoms with van der Waals surface area (Å²) in [4.78, 5) is 15.9. The maximum absolute atomic E-state index is 11.9. The number of rotatable bonds is 7. The summed E-state index contributed by atoms with van der Waals surface area (Å²) in [6, 6.07) is 0.720. The number of hydrogen-bond acceptors (Lipinski definition) is 6. The third kappa shape index (κ3) is 5.14. The molecule has 6 nitrogen and oxygen atoms in total. The molecule has 0 fully saturated rings. The lowest BCUT2D eigenvalue weighted by molar-refractivity contribution is -0.141. The molecule has 0 amide bonds. The van der Waals surface area contributed by atoms with Crippen molar-refractivity contribution in [2.45, 2.75) is 37.6 Å². The molecule has 0 aliphatic carbocycles. The van der Waals surface area contributed by atoms with Gasteiger partial charge in [-0.3, -0.25) is 0 Å². The van der Waals surface area contributed by atoms with Crippen LogP contribution in [0.5, 0.6) is 0 Å². The molecule has 0 saturated carbocycles. The molecule has 0 aliphatic rings. The standard InChI is InChI=1S/C14H21ClN2O4S/c1-5-9(2)6-12(14(18)21-3)17-13-11(15)7-10(8-16-13)22(4,19)20/h7-9,12H,5-6H2,1-4H3,(H,16,17). The van der Waals surface area contributed by atoms with E-state index in [1.165, 1.54) is 19.4 Å². The highest BCUT2D eigenvalue weighted by atomic mass is 35.5. The molecule has 0 aliphatic heterocycles. The summed E-state index contributed by atoms with van der Waals surface area (Å²) in [6.45, 7) is 4.06. The van der Waals surface area contributed by atoms with Crippen LogP contribution in [-0.4, -0.2) is 38.8 Å². The molecule has 1 aromatic rings. The number of nitrogens with zero attached hydrogens (tertiary/aromatic N) is 1. The lowest BCUT2D eigenvalue weighted by Gasteiger charge is -2.20. The van der Waals surface area contributed by atoms with E-state index in [9.17, 15) is 13.2 Å². The summed E-state index contributed by atoms with van der Waals surface area (Å²) in [7, 11) is -2.07. The smallest absolute Gasteiger partial charge is 0.328 e. The van der Waals surface area contributed by atoms with E-state index in [1.54, 1.807) is 0 Å². The number of aromatic nitrogens is 1. The van der Waals surface area contributed by atoms with Gasteiger partial charge in [-0.05, 0) is 18.4 Å². The summed E-state index contributed by atoms with van der Waals surface area (Å²) in [5, 5.41) is 3.07. The number of nitrogens with one attached hydrogen (secondary N) is 1. The van der Waals surface area contributed by atoms with E-state index in [0.29, 0.717) is 12.3 Å². The van der Waals surface area contributed by atoms with Crippen LogP contribution in [0.1, 0.15) is 26.7 Å². The van der Waals surface area contributed by atoms with Crippen LogP contribution in [0.15, 0.2) is 17.2 Å². The number of hydrogen-bond donors (Lipinski definition) is 1. The second-order valence-electron chi connectivity index (χ2n) is 5.24. The number of ether oxygens (including phenoxy) is 1. The van der Waals surface area contributed by atoms with Crippen LogP contribution in [0.25, 0.3) is 0 Å². The normalized spacial score (nSPS) is 14.2. The molecule has 8 heteroatoms. The Hall–Kier alpha value is -1.34. The predicted molar refractivity (Wildman–Crippen MR) is 85.9 cm³/mol. The Morgan fingerprint density at radius 3 is 2.59 bits per heavy atom. The van der Waals surface area contributed by atoms with Crippen molar-refractivity contribution in [3.8, 4) is 0 Å². The van der Waals surface area contributed by atoms with Crippen LogP contribution in [0.4, 0.5) is 5.82 Å². The second-order valence-corrected chi connectivity index (χ2v) is 7.67. The number of anilines is 1. The third-order valence-electron chi connectivity index (χ3n) is 3.38. The Morgan fingerprint density at radius 2 is 2.14 bits per heavy atom.